The van der Waals surface area contributed by atoms with Crippen molar-refractivity contribution in [3.05, 3.63) is 29.8 Å². The number of carbonyl (C=O) groups excluding carboxylic acids is 1. The van der Waals surface area contributed by atoms with Crippen LogP contribution in [-0.4, -0.2) is 43.3 Å². The molecule has 20 heavy (non-hydrogen) atoms. The number of carboxylic acids is 1. The molecule has 2 N–H and O–H groups in total. The first-order valence-electron chi connectivity index (χ1n) is 6.31. The fraction of sp³-hybridized carbons (Fsp3) is 0.429. The Balaban J connectivity index is 2.67. The number of amides is 1. The van der Waals surface area contributed by atoms with Crippen molar-refractivity contribution in [2.24, 2.45) is 0 Å². The van der Waals surface area contributed by atoms with Crippen molar-refractivity contribution < 1.29 is 24.2 Å². The first-order chi connectivity index (χ1) is 9.56. The van der Waals surface area contributed by atoms with E-state index >= 15 is 0 Å². The van der Waals surface area contributed by atoms with Crippen molar-refractivity contribution in [3.8, 4) is 5.75 Å². The molecule has 0 aromatic heterocycles. The van der Waals surface area contributed by atoms with Gasteiger partial charge in [0.15, 0.2) is 6.61 Å². The molecule has 110 valence electrons. The van der Waals surface area contributed by atoms with Crippen molar-refractivity contribution in [1.82, 2.24) is 5.32 Å². The third-order valence-electron chi connectivity index (χ3n) is 2.65. The van der Waals surface area contributed by atoms with Gasteiger partial charge in [-0.05, 0) is 24.6 Å². The molecule has 6 heteroatoms. The van der Waals surface area contributed by atoms with E-state index in [1.54, 1.807) is 25.3 Å². The highest BCUT2D eigenvalue weighted by Crippen LogP contribution is 2.13. The molecule has 0 aliphatic rings. The molecule has 6 nitrogen and oxygen atoms in total. The third-order valence-corrected chi connectivity index (χ3v) is 2.65. The molecule has 0 saturated carbocycles. The number of aliphatic carboxylic acids is 1. The Hall–Kier alpha value is -2.08. The highest BCUT2D eigenvalue weighted by atomic mass is 16.5. The van der Waals surface area contributed by atoms with Crippen LogP contribution < -0.4 is 10.1 Å². The van der Waals surface area contributed by atoms with E-state index in [1.165, 1.54) is 6.07 Å². The fourth-order valence-electron chi connectivity index (χ4n) is 1.60. The highest BCUT2D eigenvalue weighted by Gasteiger charge is 2.12. The van der Waals surface area contributed by atoms with Gasteiger partial charge in [-0.2, -0.15) is 0 Å². The summed E-state index contributed by atoms with van der Waals surface area (Å²) in [4.78, 5) is 22.5. The Labute approximate surface area is 117 Å². The van der Waals surface area contributed by atoms with E-state index in [-0.39, 0.29) is 11.9 Å². The summed E-state index contributed by atoms with van der Waals surface area (Å²) < 4.78 is 10.0. The Morgan fingerprint density at radius 3 is 2.75 bits per heavy atom. The lowest BCUT2D eigenvalue weighted by molar-refractivity contribution is -0.139. The second-order valence-electron chi connectivity index (χ2n) is 4.24. The van der Waals surface area contributed by atoms with Crippen LogP contribution in [0.15, 0.2) is 24.3 Å². The Bertz CT molecular complexity index is 461. The molecule has 1 unspecified atom stereocenters. The normalized spacial score (nSPS) is 11.7. The predicted octanol–water partition coefficient (Wildman–Crippen LogP) is 1.30. The lowest BCUT2D eigenvalue weighted by Crippen LogP contribution is -2.37. The maximum Gasteiger partial charge on any atom is 0.341 e. The van der Waals surface area contributed by atoms with E-state index in [1.807, 2.05) is 6.92 Å². The summed E-state index contributed by atoms with van der Waals surface area (Å²) in [6, 6.07) is 6.34. The monoisotopic (exact) mass is 281 g/mol. The van der Waals surface area contributed by atoms with Crippen LogP contribution in [-0.2, 0) is 9.53 Å². The van der Waals surface area contributed by atoms with E-state index in [9.17, 15) is 9.59 Å². The molecule has 0 bridgehead atoms. The van der Waals surface area contributed by atoms with Gasteiger partial charge in [-0.25, -0.2) is 4.79 Å². The zero-order valence-electron chi connectivity index (χ0n) is 11.6. The van der Waals surface area contributed by atoms with Crippen molar-refractivity contribution in [2.45, 2.75) is 19.4 Å². The smallest absolute Gasteiger partial charge is 0.341 e. The zero-order chi connectivity index (χ0) is 15.0. The molecule has 1 aromatic carbocycles. The van der Waals surface area contributed by atoms with Crippen LogP contribution >= 0.6 is 0 Å². The second-order valence-corrected chi connectivity index (χ2v) is 4.24. The molecule has 0 fully saturated rings. The second kappa shape index (κ2) is 8.16. The van der Waals surface area contributed by atoms with Gasteiger partial charge in [0.1, 0.15) is 5.75 Å². The fourth-order valence-corrected chi connectivity index (χ4v) is 1.60. The average molecular weight is 281 g/mol. The van der Waals surface area contributed by atoms with E-state index in [0.717, 1.165) is 6.42 Å². The molecule has 1 aromatic rings. The van der Waals surface area contributed by atoms with Crippen LogP contribution in [0, 0.1) is 0 Å². The van der Waals surface area contributed by atoms with Crippen LogP contribution in [0.2, 0.25) is 0 Å². The maximum atomic E-state index is 12.0. The molecule has 0 radical (unpaired) electrons. The van der Waals surface area contributed by atoms with Gasteiger partial charge in [-0.3, -0.25) is 4.79 Å². The van der Waals surface area contributed by atoms with Crippen LogP contribution in [0.5, 0.6) is 5.75 Å². The number of benzene rings is 1. The highest BCUT2D eigenvalue weighted by molar-refractivity contribution is 5.94. The van der Waals surface area contributed by atoms with E-state index in [0.29, 0.717) is 17.9 Å². The summed E-state index contributed by atoms with van der Waals surface area (Å²) in [5.41, 5.74) is 0.419. The van der Waals surface area contributed by atoms with Gasteiger partial charge in [0, 0.05) is 12.7 Å². The predicted molar refractivity (Wildman–Crippen MR) is 73.0 cm³/mol. The standard InChI is InChI=1S/C14H19NO5/c1-3-11(8-19-2)15-14(18)10-5-4-6-12(7-10)20-9-13(16)17/h4-7,11H,3,8-9H2,1-2H3,(H,15,18)(H,16,17). The van der Waals surface area contributed by atoms with Crippen LogP contribution in [0.25, 0.3) is 0 Å². The first kappa shape index (κ1) is 16.0. The minimum atomic E-state index is -1.06. The number of carboxylic acid groups (broad SMARTS) is 1. The lowest BCUT2D eigenvalue weighted by Gasteiger charge is -2.16. The van der Waals surface area contributed by atoms with Crippen LogP contribution in [0.1, 0.15) is 23.7 Å². The number of hydrogen-bond acceptors (Lipinski definition) is 4. The Morgan fingerprint density at radius 2 is 2.15 bits per heavy atom. The molecule has 1 atom stereocenters. The molecule has 0 saturated heterocycles. The molecule has 0 aliphatic carbocycles. The molecule has 1 rings (SSSR count). The summed E-state index contributed by atoms with van der Waals surface area (Å²) in [7, 11) is 1.58. The summed E-state index contributed by atoms with van der Waals surface area (Å²) in [5.74, 6) is -0.958. The van der Waals surface area contributed by atoms with Crippen molar-refractivity contribution >= 4 is 11.9 Å². The first-order valence-corrected chi connectivity index (χ1v) is 6.31. The topological polar surface area (TPSA) is 84.9 Å². The lowest BCUT2D eigenvalue weighted by atomic mass is 10.1. The van der Waals surface area contributed by atoms with Gasteiger partial charge in [0.05, 0.1) is 12.6 Å². The zero-order valence-corrected chi connectivity index (χ0v) is 11.6. The van der Waals surface area contributed by atoms with E-state index in [2.05, 4.69) is 5.32 Å². The van der Waals surface area contributed by atoms with E-state index in [4.69, 9.17) is 14.6 Å². The van der Waals surface area contributed by atoms with Gasteiger partial charge in [-0.1, -0.05) is 13.0 Å². The van der Waals surface area contributed by atoms with Gasteiger partial charge in [-0.15, -0.1) is 0 Å². The van der Waals surface area contributed by atoms with Gasteiger partial charge in [0.25, 0.3) is 5.91 Å². The van der Waals surface area contributed by atoms with Gasteiger partial charge >= 0.3 is 5.97 Å². The van der Waals surface area contributed by atoms with Crippen molar-refractivity contribution in [1.29, 1.82) is 0 Å². The summed E-state index contributed by atoms with van der Waals surface area (Å²) in [5, 5.41) is 11.4. The van der Waals surface area contributed by atoms with Crippen LogP contribution in [0.4, 0.5) is 0 Å². The number of hydrogen-bond donors (Lipinski definition) is 2. The molecular formula is C14H19NO5. The maximum absolute atomic E-state index is 12.0. The SMILES string of the molecule is CCC(COC)NC(=O)c1cccc(OCC(=O)O)c1. The average Bonchev–Trinajstić information content (AvgIpc) is 2.44. The minimum Gasteiger partial charge on any atom is -0.482 e. The number of rotatable bonds is 8. The quantitative estimate of drug-likeness (QED) is 0.750. The number of nitrogens with one attached hydrogen (secondary N) is 1. The summed E-state index contributed by atoms with van der Waals surface area (Å²) in [6.07, 6.45) is 0.759. The van der Waals surface area contributed by atoms with Gasteiger partial charge < -0.3 is 19.9 Å². The van der Waals surface area contributed by atoms with Crippen LogP contribution in [0.3, 0.4) is 0 Å². The van der Waals surface area contributed by atoms with Gasteiger partial charge in [0.2, 0.25) is 0 Å². The Morgan fingerprint density at radius 1 is 1.40 bits per heavy atom. The summed E-state index contributed by atoms with van der Waals surface area (Å²) >= 11 is 0. The number of methoxy groups -OCH3 is 1. The van der Waals surface area contributed by atoms with Crippen molar-refractivity contribution in [2.75, 3.05) is 20.3 Å². The molecular weight excluding hydrogens is 262 g/mol. The molecule has 1 amide bonds. The minimum absolute atomic E-state index is 0.0592. The molecule has 0 heterocycles. The number of ether oxygens (including phenoxy) is 2. The molecule has 0 aliphatic heterocycles. The Kier molecular flexibility index (Phi) is 6.52. The van der Waals surface area contributed by atoms with E-state index < -0.39 is 12.6 Å². The van der Waals surface area contributed by atoms with Crippen molar-refractivity contribution in [3.63, 3.8) is 0 Å². The molecule has 0 spiro atoms. The summed E-state index contributed by atoms with van der Waals surface area (Å²) in [6.45, 7) is 1.96. The third kappa shape index (κ3) is 5.27. The largest absolute Gasteiger partial charge is 0.482 e. The number of carbonyl (C=O) groups is 2.